The Hall–Kier alpha value is -3.21. The molecule has 0 bridgehead atoms. The van der Waals surface area contributed by atoms with E-state index in [0.717, 1.165) is 11.0 Å². The lowest BCUT2D eigenvalue weighted by atomic mass is 10.3. The van der Waals surface area contributed by atoms with E-state index in [9.17, 15) is 9.90 Å². The van der Waals surface area contributed by atoms with Crippen LogP contribution < -0.4 is 5.32 Å². The number of phenolic OH excluding ortho intramolecular Hbond substituents is 1. The highest BCUT2D eigenvalue weighted by atomic mass is 16.3. The van der Waals surface area contributed by atoms with Crippen LogP contribution in [-0.4, -0.2) is 21.0 Å². The van der Waals surface area contributed by atoms with Gasteiger partial charge in [-0.3, -0.25) is 9.78 Å². The van der Waals surface area contributed by atoms with Crippen LogP contribution in [0.4, 0.5) is 5.69 Å². The van der Waals surface area contributed by atoms with Crippen LogP contribution in [0.25, 0.3) is 17.1 Å². The molecule has 0 saturated heterocycles. The first-order valence-electron chi connectivity index (χ1n) is 6.70. The number of nitrogens with zero attached hydrogens (tertiary/aromatic N) is 2. The molecule has 0 spiro atoms. The zero-order valence-corrected chi connectivity index (χ0v) is 11.6. The van der Waals surface area contributed by atoms with Gasteiger partial charge in [-0.1, -0.05) is 18.2 Å². The first kappa shape index (κ1) is 13.8. The number of anilines is 1. The fraction of sp³-hybridized carbons (Fsp3) is 0. The summed E-state index contributed by atoms with van der Waals surface area (Å²) in [6, 6.07) is 13.9. The molecule has 5 nitrogen and oxygen atoms in total. The summed E-state index contributed by atoms with van der Waals surface area (Å²) in [5, 5.41) is 12.0. The highest BCUT2D eigenvalue weighted by Gasteiger charge is 2.00. The molecule has 1 heterocycles. The Bertz CT molecular complexity index is 859. The minimum atomic E-state index is -0.305. The van der Waals surface area contributed by atoms with Crippen LogP contribution in [0.2, 0.25) is 0 Å². The van der Waals surface area contributed by atoms with Gasteiger partial charge in [0.1, 0.15) is 5.75 Å². The molecular weight excluding hydrogens is 278 g/mol. The quantitative estimate of drug-likeness (QED) is 0.727. The van der Waals surface area contributed by atoms with E-state index in [1.54, 1.807) is 24.4 Å². The van der Waals surface area contributed by atoms with Gasteiger partial charge < -0.3 is 10.4 Å². The molecule has 1 amide bonds. The number of rotatable bonds is 3. The lowest BCUT2D eigenvalue weighted by molar-refractivity contribution is -0.111. The van der Waals surface area contributed by atoms with E-state index in [4.69, 9.17) is 0 Å². The molecule has 0 aliphatic carbocycles. The SMILES string of the molecule is O=C(/C=C/c1cnc2ccccc2n1)Nc1cccc(O)c1. The Morgan fingerprint density at radius 2 is 1.91 bits per heavy atom. The van der Waals surface area contributed by atoms with Crippen molar-refractivity contribution in [1.82, 2.24) is 9.97 Å². The normalized spacial score (nSPS) is 10.9. The fourth-order valence-corrected chi connectivity index (χ4v) is 1.98. The molecule has 5 heteroatoms. The van der Waals surface area contributed by atoms with Crippen molar-refractivity contribution in [2.75, 3.05) is 5.32 Å². The van der Waals surface area contributed by atoms with Gasteiger partial charge >= 0.3 is 0 Å². The smallest absolute Gasteiger partial charge is 0.248 e. The largest absolute Gasteiger partial charge is 0.508 e. The van der Waals surface area contributed by atoms with Crippen LogP contribution >= 0.6 is 0 Å². The molecule has 0 fully saturated rings. The number of nitrogens with one attached hydrogen (secondary N) is 1. The number of aromatic nitrogens is 2. The Labute approximate surface area is 127 Å². The number of phenols is 1. The molecular formula is C17H13N3O2. The standard InChI is InChI=1S/C17H13N3O2/c21-14-5-3-4-12(10-14)20-17(22)9-8-13-11-18-15-6-1-2-7-16(15)19-13/h1-11,21H,(H,20,22)/b9-8+. The van der Waals surface area contributed by atoms with Crippen LogP contribution in [0.5, 0.6) is 5.75 Å². The van der Waals surface area contributed by atoms with E-state index in [1.165, 1.54) is 18.2 Å². The Morgan fingerprint density at radius 1 is 1.09 bits per heavy atom. The molecule has 2 N–H and O–H groups in total. The van der Waals surface area contributed by atoms with Gasteiger partial charge in [0.2, 0.25) is 5.91 Å². The van der Waals surface area contributed by atoms with Crippen molar-refractivity contribution in [3.8, 4) is 5.75 Å². The highest BCUT2D eigenvalue weighted by molar-refractivity contribution is 6.01. The second-order valence-corrected chi connectivity index (χ2v) is 4.66. The topological polar surface area (TPSA) is 75.1 Å². The van der Waals surface area contributed by atoms with Crippen LogP contribution in [-0.2, 0) is 4.79 Å². The Balaban J connectivity index is 1.73. The van der Waals surface area contributed by atoms with Gasteiger partial charge in [0.05, 0.1) is 22.9 Å². The zero-order chi connectivity index (χ0) is 15.4. The lowest BCUT2D eigenvalue weighted by Crippen LogP contribution is -2.07. The molecule has 0 unspecified atom stereocenters. The van der Waals surface area contributed by atoms with E-state index in [0.29, 0.717) is 11.4 Å². The van der Waals surface area contributed by atoms with Crippen molar-refractivity contribution in [1.29, 1.82) is 0 Å². The Morgan fingerprint density at radius 3 is 2.73 bits per heavy atom. The van der Waals surface area contributed by atoms with Crippen LogP contribution in [0, 0.1) is 0 Å². The summed E-state index contributed by atoms with van der Waals surface area (Å²) in [5.74, 6) is -0.206. The average molecular weight is 291 g/mol. The molecule has 108 valence electrons. The first-order chi connectivity index (χ1) is 10.7. The third-order valence-electron chi connectivity index (χ3n) is 2.99. The predicted octanol–water partition coefficient (Wildman–Crippen LogP) is 2.99. The summed E-state index contributed by atoms with van der Waals surface area (Å²) >= 11 is 0. The molecule has 0 atom stereocenters. The number of fused-ring (bicyclic) bond motifs is 1. The molecule has 3 rings (SSSR count). The number of hydrogen-bond acceptors (Lipinski definition) is 4. The number of hydrogen-bond donors (Lipinski definition) is 2. The Kier molecular flexibility index (Phi) is 3.78. The molecule has 0 radical (unpaired) electrons. The molecule has 22 heavy (non-hydrogen) atoms. The van der Waals surface area contributed by atoms with Crippen molar-refractivity contribution in [3.63, 3.8) is 0 Å². The van der Waals surface area contributed by atoms with E-state index in [1.807, 2.05) is 24.3 Å². The van der Waals surface area contributed by atoms with Crippen molar-refractivity contribution >= 4 is 28.7 Å². The molecule has 0 saturated carbocycles. The molecule has 2 aromatic carbocycles. The molecule has 0 aliphatic rings. The third kappa shape index (κ3) is 3.27. The maximum Gasteiger partial charge on any atom is 0.248 e. The lowest BCUT2D eigenvalue weighted by Gasteiger charge is -2.02. The third-order valence-corrected chi connectivity index (χ3v) is 2.99. The summed E-state index contributed by atoms with van der Waals surface area (Å²) in [6.07, 6.45) is 4.58. The second-order valence-electron chi connectivity index (χ2n) is 4.66. The number of carbonyl (C=O) groups excluding carboxylic acids is 1. The number of para-hydroxylation sites is 2. The van der Waals surface area contributed by atoms with E-state index in [-0.39, 0.29) is 11.7 Å². The monoisotopic (exact) mass is 291 g/mol. The van der Waals surface area contributed by atoms with Crippen LogP contribution in [0.15, 0.2) is 60.8 Å². The van der Waals surface area contributed by atoms with Crippen molar-refractivity contribution in [2.45, 2.75) is 0 Å². The number of aromatic hydroxyl groups is 1. The second kappa shape index (κ2) is 6.05. The molecule has 3 aromatic rings. The minimum Gasteiger partial charge on any atom is -0.508 e. The van der Waals surface area contributed by atoms with Gasteiger partial charge in [0.15, 0.2) is 0 Å². The van der Waals surface area contributed by atoms with Gasteiger partial charge in [-0.25, -0.2) is 4.98 Å². The summed E-state index contributed by atoms with van der Waals surface area (Å²) in [4.78, 5) is 20.5. The number of benzene rings is 2. The van der Waals surface area contributed by atoms with Gasteiger partial charge in [-0.05, 0) is 30.3 Å². The van der Waals surface area contributed by atoms with E-state index in [2.05, 4.69) is 15.3 Å². The fourth-order valence-electron chi connectivity index (χ4n) is 1.98. The number of carbonyl (C=O) groups is 1. The zero-order valence-electron chi connectivity index (χ0n) is 11.6. The van der Waals surface area contributed by atoms with Crippen molar-refractivity contribution < 1.29 is 9.90 Å². The summed E-state index contributed by atoms with van der Waals surface area (Å²) in [6.45, 7) is 0. The van der Waals surface area contributed by atoms with Crippen LogP contribution in [0.3, 0.4) is 0 Å². The van der Waals surface area contributed by atoms with Gasteiger partial charge in [-0.15, -0.1) is 0 Å². The van der Waals surface area contributed by atoms with E-state index >= 15 is 0 Å². The maximum atomic E-state index is 11.8. The van der Waals surface area contributed by atoms with Crippen molar-refractivity contribution in [2.24, 2.45) is 0 Å². The maximum absolute atomic E-state index is 11.8. The summed E-state index contributed by atoms with van der Waals surface area (Å²) in [7, 11) is 0. The first-order valence-corrected chi connectivity index (χ1v) is 6.70. The van der Waals surface area contributed by atoms with E-state index < -0.39 is 0 Å². The van der Waals surface area contributed by atoms with Gasteiger partial charge in [0, 0.05) is 17.8 Å². The highest BCUT2D eigenvalue weighted by Crippen LogP contribution is 2.15. The average Bonchev–Trinajstić information content (AvgIpc) is 2.53. The predicted molar refractivity (Wildman–Crippen MR) is 85.3 cm³/mol. The minimum absolute atomic E-state index is 0.0992. The molecule has 1 aromatic heterocycles. The van der Waals surface area contributed by atoms with Crippen LogP contribution in [0.1, 0.15) is 5.69 Å². The number of amides is 1. The van der Waals surface area contributed by atoms with Gasteiger partial charge in [-0.2, -0.15) is 0 Å². The molecule has 0 aliphatic heterocycles. The summed E-state index contributed by atoms with van der Waals surface area (Å²) < 4.78 is 0. The van der Waals surface area contributed by atoms with Gasteiger partial charge in [0.25, 0.3) is 0 Å². The summed E-state index contributed by atoms with van der Waals surface area (Å²) in [5.41, 5.74) is 2.71. The van der Waals surface area contributed by atoms with Crippen molar-refractivity contribution in [3.05, 3.63) is 66.5 Å².